The van der Waals surface area contributed by atoms with Crippen molar-refractivity contribution in [3.63, 3.8) is 0 Å². The zero-order chi connectivity index (χ0) is 15.6. The molecule has 1 N–H and O–H groups in total. The van der Waals surface area contributed by atoms with Gasteiger partial charge in [-0.15, -0.1) is 0 Å². The van der Waals surface area contributed by atoms with Crippen molar-refractivity contribution in [2.45, 2.75) is 31.9 Å². The number of benzene rings is 1. The quantitative estimate of drug-likeness (QED) is 0.740. The maximum atomic E-state index is 13.1. The van der Waals surface area contributed by atoms with Gasteiger partial charge in [0.2, 0.25) is 5.91 Å². The second-order valence-corrected chi connectivity index (χ2v) is 6.06. The van der Waals surface area contributed by atoms with Gasteiger partial charge in [0.15, 0.2) is 0 Å². The van der Waals surface area contributed by atoms with Gasteiger partial charge < -0.3 is 5.32 Å². The first-order valence-corrected chi connectivity index (χ1v) is 7.39. The minimum atomic E-state index is -4.19. The number of alkyl halides is 3. The molecule has 0 heterocycles. The number of hydrogen-bond acceptors (Lipinski definition) is 1. The fraction of sp³-hybridized carbons (Fsp3) is 0.500. The first-order valence-electron chi connectivity index (χ1n) is 6.60. The van der Waals surface area contributed by atoms with Gasteiger partial charge in [0.25, 0.3) is 0 Å². The van der Waals surface area contributed by atoms with Crippen LogP contribution < -0.4 is 5.32 Å². The summed E-state index contributed by atoms with van der Waals surface area (Å²) in [4.78, 5) is 12.1. The monoisotopic (exact) mass is 367 g/mol. The van der Waals surface area contributed by atoms with E-state index < -0.39 is 23.8 Å². The fourth-order valence-corrected chi connectivity index (χ4v) is 2.86. The molecule has 1 aliphatic carbocycles. The Balaban J connectivity index is 1.95. The molecule has 2 rings (SSSR count). The molecule has 7 heteroatoms. The molecule has 0 bridgehead atoms. The number of halogens is 5. The van der Waals surface area contributed by atoms with Gasteiger partial charge in [0.1, 0.15) is 5.82 Å². The molecular weight excluding hydrogens is 354 g/mol. The van der Waals surface area contributed by atoms with Crippen LogP contribution in [0.2, 0.25) is 0 Å². The molecular formula is C14H14BrF4NO. The van der Waals surface area contributed by atoms with E-state index in [1.54, 1.807) is 0 Å². The van der Waals surface area contributed by atoms with E-state index in [1.165, 1.54) is 18.2 Å². The van der Waals surface area contributed by atoms with Crippen LogP contribution in [0, 0.1) is 17.7 Å². The van der Waals surface area contributed by atoms with Crippen LogP contribution in [0.5, 0.6) is 0 Å². The Kier molecular flexibility index (Phi) is 4.91. The van der Waals surface area contributed by atoms with Crippen molar-refractivity contribution in [3.8, 4) is 0 Å². The maximum absolute atomic E-state index is 13.1. The minimum absolute atomic E-state index is 0.0358. The van der Waals surface area contributed by atoms with E-state index in [4.69, 9.17) is 0 Å². The number of carbonyl (C=O) groups is 1. The molecule has 1 aromatic rings. The number of nitrogens with one attached hydrogen (secondary N) is 1. The van der Waals surface area contributed by atoms with Crippen LogP contribution in [0.1, 0.15) is 25.7 Å². The highest BCUT2D eigenvalue weighted by atomic mass is 79.9. The maximum Gasteiger partial charge on any atom is 0.391 e. The van der Waals surface area contributed by atoms with Crippen molar-refractivity contribution in [2.24, 2.45) is 11.8 Å². The standard InChI is InChI=1S/C14H14BrF4NO/c15-11-6-5-10(16)7-12(11)20-13(21)8-1-3-9(4-2-8)14(17,18)19/h5-9H,1-4H2,(H,20,21). The summed E-state index contributed by atoms with van der Waals surface area (Å²) < 4.78 is 51.3. The molecule has 1 fully saturated rings. The summed E-state index contributed by atoms with van der Waals surface area (Å²) in [6.07, 6.45) is -3.86. The van der Waals surface area contributed by atoms with Gasteiger partial charge in [-0.25, -0.2) is 4.39 Å². The summed E-state index contributed by atoms with van der Waals surface area (Å²) in [6.45, 7) is 0. The molecule has 0 aliphatic heterocycles. The summed E-state index contributed by atoms with van der Waals surface area (Å²) >= 11 is 3.19. The van der Waals surface area contributed by atoms with Crippen LogP contribution in [-0.2, 0) is 4.79 Å². The SMILES string of the molecule is O=C(Nc1cc(F)ccc1Br)C1CCC(C(F)(F)F)CC1. The molecule has 21 heavy (non-hydrogen) atoms. The van der Waals surface area contributed by atoms with E-state index in [0.717, 1.165) is 0 Å². The second kappa shape index (κ2) is 6.34. The van der Waals surface area contributed by atoms with Gasteiger partial charge >= 0.3 is 6.18 Å². The lowest BCUT2D eigenvalue weighted by Crippen LogP contribution is -2.32. The highest BCUT2D eigenvalue weighted by Gasteiger charge is 2.42. The molecule has 2 nitrogen and oxygen atoms in total. The lowest BCUT2D eigenvalue weighted by atomic mass is 9.81. The molecule has 116 valence electrons. The first-order chi connectivity index (χ1) is 9.77. The van der Waals surface area contributed by atoms with Gasteiger partial charge in [0, 0.05) is 10.4 Å². The molecule has 1 amide bonds. The summed E-state index contributed by atoms with van der Waals surface area (Å²) in [7, 11) is 0. The summed E-state index contributed by atoms with van der Waals surface area (Å²) in [5, 5.41) is 2.57. The zero-order valence-electron chi connectivity index (χ0n) is 11.0. The highest BCUT2D eigenvalue weighted by molar-refractivity contribution is 9.10. The van der Waals surface area contributed by atoms with E-state index in [-0.39, 0.29) is 37.3 Å². The Morgan fingerprint density at radius 3 is 2.38 bits per heavy atom. The third-order valence-electron chi connectivity index (χ3n) is 3.75. The van der Waals surface area contributed by atoms with E-state index in [9.17, 15) is 22.4 Å². The Morgan fingerprint density at radius 2 is 1.81 bits per heavy atom. The molecule has 0 unspecified atom stereocenters. The van der Waals surface area contributed by atoms with Gasteiger partial charge in [-0.1, -0.05) is 0 Å². The molecule has 0 saturated heterocycles. The highest BCUT2D eigenvalue weighted by Crippen LogP contribution is 2.39. The molecule has 0 radical (unpaired) electrons. The van der Waals surface area contributed by atoms with Gasteiger partial charge in [-0.05, 0) is 59.8 Å². The fourth-order valence-electron chi connectivity index (χ4n) is 2.51. The van der Waals surface area contributed by atoms with Gasteiger partial charge in [0.05, 0.1) is 11.6 Å². The number of anilines is 1. The lowest BCUT2D eigenvalue weighted by molar-refractivity contribution is -0.184. The number of rotatable bonds is 2. The minimum Gasteiger partial charge on any atom is -0.325 e. The average molecular weight is 368 g/mol. The lowest BCUT2D eigenvalue weighted by Gasteiger charge is -2.29. The predicted molar refractivity (Wildman–Crippen MR) is 74.2 cm³/mol. The van der Waals surface area contributed by atoms with Crippen molar-refractivity contribution in [3.05, 3.63) is 28.5 Å². The van der Waals surface area contributed by atoms with E-state index in [1.807, 2.05) is 0 Å². The molecule has 0 aromatic heterocycles. The third-order valence-corrected chi connectivity index (χ3v) is 4.44. The molecule has 0 spiro atoms. The molecule has 1 saturated carbocycles. The van der Waals surface area contributed by atoms with Crippen LogP contribution in [0.3, 0.4) is 0 Å². The van der Waals surface area contributed by atoms with Crippen molar-refractivity contribution < 1.29 is 22.4 Å². The topological polar surface area (TPSA) is 29.1 Å². The molecule has 0 atom stereocenters. The Bertz CT molecular complexity index is 524. The van der Waals surface area contributed by atoms with Gasteiger partial charge in [-0.2, -0.15) is 13.2 Å². The van der Waals surface area contributed by atoms with Crippen LogP contribution >= 0.6 is 15.9 Å². The smallest absolute Gasteiger partial charge is 0.325 e. The number of hydrogen-bond donors (Lipinski definition) is 1. The summed E-state index contributed by atoms with van der Waals surface area (Å²) in [6, 6.07) is 3.88. The van der Waals surface area contributed by atoms with E-state index in [2.05, 4.69) is 21.2 Å². The zero-order valence-corrected chi connectivity index (χ0v) is 12.6. The van der Waals surface area contributed by atoms with Crippen molar-refractivity contribution >= 4 is 27.5 Å². The van der Waals surface area contributed by atoms with Crippen LogP contribution in [0.15, 0.2) is 22.7 Å². The van der Waals surface area contributed by atoms with Crippen LogP contribution in [0.4, 0.5) is 23.2 Å². The number of amides is 1. The predicted octanol–water partition coefficient (Wildman–Crippen LogP) is 4.90. The molecule has 1 aromatic carbocycles. The number of carbonyl (C=O) groups excluding carboxylic acids is 1. The average Bonchev–Trinajstić information content (AvgIpc) is 2.42. The van der Waals surface area contributed by atoms with E-state index in [0.29, 0.717) is 4.47 Å². The second-order valence-electron chi connectivity index (χ2n) is 5.20. The third kappa shape index (κ3) is 4.18. The summed E-state index contributed by atoms with van der Waals surface area (Å²) in [5.74, 6) is -2.63. The first kappa shape index (κ1) is 16.3. The van der Waals surface area contributed by atoms with Crippen molar-refractivity contribution in [1.82, 2.24) is 0 Å². The van der Waals surface area contributed by atoms with Gasteiger partial charge in [-0.3, -0.25) is 4.79 Å². The largest absolute Gasteiger partial charge is 0.391 e. The van der Waals surface area contributed by atoms with Crippen molar-refractivity contribution in [2.75, 3.05) is 5.32 Å². The Morgan fingerprint density at radius 1 is 1.19 bits per heavy atom. The van der Waals surface area contributed by atoms with Crippen LogP contribution in [0.25, 0.3) is 0 Å². The normalized spacial score (nSPS) is 22.9. The van der Waals surface area contributed by atoms with Crippen molar-refractivity contribution in [1.29, 1.82) is 0 Å². The molecule has 1 aliphatic rings. The Labute approximate surface area is 128 Å². The Hall–Kier alpha value is -1.11. The van der Waals surface area contributed by atoms with Crippen LogP contribution in [-0.4, -0.2) is 12.1 Å². The summed E-state index contributed by atoms with van der Waals surface area (Å²) in [5.41, 5.74) is 0.290. The van der Waals surface area contributed by atoms with E-state index >= 15 is 0 Å².